The van der Waals surface area contributed by atoms with Crippen molar-refractivity contribution < 1.29 is 9.90 Å². The van der Waals surface area contributed by atoms with Crippen LogP contribution in [0.25, 0.3) is 10.1 Å². The summed E-state index contributed by atoms with van der Waals surface area (Å²) in [6, 6.07) is 7.89. The van der Waals surface area contributed by atoms with Crippen molar-refractivity contribution in [3.05, 3.63) is 33.6 Å². The van der Waals surface area contributed by atoms with Crippen LogP contribution >= 0.6 is 27.3 Å². The summed E-state index contributed by atoms with van der Waals surface area (Å²) in [4.78, 5) is 12.1. The van der Waals surface area contributed by atoms with Gasteiger partial charge in [0.15, 0.2) is 0 Å². The summed E-state index contributed by atoms with van der Waals surface area (Å²) in [6.45, 7) is 3.46. The van der Waals surface area contributed by atoms with Crippen LogP contribution in [0.5, 0.6) is 0 Å². The maximum Gasteiger partial charge on any atom is 0.314 e. The highest BCUT2D eigenvalue weighted by Gasteiger charge is 2.31. The lowest BCUT2D eigenvalue weighted by Gasteiger charge is -2.16. The number of halogens is 1. The fourth-order valence-electron chi connectivity index (χ4n) is 1.44. The van der Waals surface area contributed by atoms with Gasteiger partial charge in [-0.25, -0.2) is 0 Å². The molecule has 0 radical (unpaired) electrons. The van der Waals surface area contributed by atoms with Crippen molar-refractivity contribution in [2.75, 3.05) is 0 Å². The normalized spacial score (nSPS) is 11.9. The summed E-state index contributed by atoms with van der Waals surface area (Å²) < 4.78 is 2.12. The van der Waals surface area contributed by atoms with Crippen molar-refractivity contribution in [2.45, 2.75) is 19.3 Å². The lowest BCUT2D eigenvalue weighted by Crippen LogP contribution is -2.27. The van der Waals surface area contributed by atoms with E-state index in [1.807, 2.05) is 24.3 Å². The largest absolute Gasteiger partial charge is 0.481 e. The SMILES string of the molecule is CC(C)(C(=O)O)c1cc2c(Br)cccc2s1. The minimum Gasteiger partial charge on any atom is -0.481 e. The summed E-state index contributed by atoms with van der Waals surface area (Å²) in [5.74, 6) is -0.796. The molecule has 0 aliphatic heterocycles. The van der Waals surface area contributed by atoms with Crippen LogP contribution in [0.4, 0.5) is 0 Å². The Morgan fingerprint density at radius 2 is 2.12 bits per heavy atom. The predicted octanol–water partition coefficient (Wildman–Crippen LogP) is 4.03. The number of fused-ring (bicyclic) bond motifs is 1. The van der Waals surface area contributed by atoms with Crippen molar-refractivity contribution in [2.24, 2.45) is 0 Å². The van der Waals surface area contributed by atoms with Crippen LogP contribution in [0, 0.1) is 0 Å². The molecule has 0 unspecified atom stereocenters. The molecule has 0 bridgehead atoms. The highest BCUT2D eigenvalue weighted by molar-refractivity contribution is 9.10. The molecular formula is C12H11BrO2S. The van der Waals surface area contributed by atoms with E-state index in [1.165, 1.54) is 11.3 Å². The third-order valence-corrected chi connectivity index (χ3v) is 4.77. The molecule has 0 saturated heterocycles. The molecule has 0 saturated carbocycles. The number of benzene rings is 1. The Hall–Kier alpha value is -0.870. The zero-order chi connectivity index (χ0) is 11.9. The fourth-order valence-corrected chi connectivity index (χ4v) is 3.23. The molecule has 2 nitrogen and oxygen atoms in total. The van der Waals surface area contributed by atoms with Crippen LogP contribution in [0.1, 0.15) is 18.7 Å². The first-order chi connectivity index (χ1) is 7.43. The number of carbonyl (C=O) groups is 1. The topological polar surface area (TPSA) is 37.3 Å². The second-order valence-corrected chi connectivity index (χ2v) is 6.13. The standard InChI is InChI=1S/C12H11BrO2S/c1-12(2,11(14)15)10-6-7-8(13)4-3-5-9(7)16-10/h3-6H,1-2H3,(H,14,15). The first kappa shape index (κ1) is 11.6. The number of hydrogen-bond acceptors (Lipinski definition) is 2. The molecule has 1 N–H and O–H groups in total. The van der Waals surface area contributed by atoms with Crippen LogP contribution < -0.4 is 0 Å². The summed E-state index contributed by atoms with van der Waals surface area (Å²) >= 11 is 5.01. The number of carboxylic acid groups (broad SMARTS) is 1. The van der Waals surface area contributed by atoms with Gasteiger partial charge in [0.05, 0.1) is 5.41 Å². The Morgan fingerprint density at radius 1 is 1.44 bits per heavy atom. The summed E-state index contributed by atoms with van der Waals surface area (Å²) in [5, 5.41) is 10.3. The first-order valence-corrected chi connectivity index (χ1v) is 6.46. The van der Waals surface area contributed by atoms with E-state index in [4.69, 9.17) is 0 Å². The minimum absolute atomic E-state index is 0.796. The van der Waals surface area contributed by atoms with E-state index >= 15 is 0 Å². The van der Waals surface area contributed by atoms with Crippen molar-refractivity contribution in [1.82, 2.24) is 0 Å². The minimum atomic E-state index is -0.830. The molecule has 84 valence electrons. The van der Waals surface area contributed by atoms with E-state index in [-0.39, 0.29) is 0 Å². The van der Waals surface area contributed by atoms with Gasteiger partial charge in [0.25, 0.3) is 0 Å². The zero-order valence-electron chi connectivity index (χ0n) is 8.95. The molecule has 0 amide bonds. The first-order valence-electron chi connectivity index (χ1n) is 4.85. The molecule has 4 heteroatoms. The highest BCUT2D eigenvalue weighted by atomic mass is 79.9. The number of hydrogen-bond donors (Lipinski definition) is 1. The summed E-state index contributed by atoms with van der Waals surface area (Å²) in [5.41, 5.74) is -0.830. The Bertz CT molecular complexity index is 557. The van der Waals surface area contributed by atoms with Crippen molar-refractivity contribution >= 4 is 43.3 Å². The van der Waals surface area contributed by atoms with Crippen LogP contribution in [-0.4, -0.2) is 11.1 Å². The van der Waals surface area contributed by atoms with Gasteiger partial charge in [0.2, 0.25) is 0 Å². The maximum absolute atomic E-state index is 11.2. The smallest absolute Gasteiger partial charge is 0.314 e. The Balaban J connectivity index is 2.64. The number of aliphatic carboxylic acids is 1. The van der Waals surface area contributed by atoms with Crippen molar-refractivity contribution in [3.63, 3.8) is 0 Å². The molecule has 0 aliphatic carbocycles. The zero-order valence-corrected chi connectivity index (χ0v) is 11.4. The van der Waals surface area contributed by atoms with Crippen LogP contribution in [0.3, 0.4) is 0 Å². The number of thiophene rings is 1. The van der Waals surface area contributed by atoms with Gasteiger partial charge >= 0.3 is 5.97 Å². The molecule has 0 spiro atoms. The van der Waals surface area contributed by atoms with Gasteiger partial charge in [-0.3, -0.25) is 4.79 Å². The Labute approximate surface area is 106 Å². The molecule has 2 rings (SSSR count). The van der Waals surface area contributed by atoms with E-state index in [0.29, 0.717) is 0 Å². The van der Waals surface area contributed by atoms with Crippen molar-refractivity contribution in [3.8, 4) is 0 Å². The van der Waals surface area contributed by atoms with Gasteiger partial charge < -0.3 is 5.11 Å². The molecule has 0 aliphatic rings. The molecule has 16 heavy (non-hydrogen) atoms. The van der Waals surface area contributed by atoms with Crippen molar-refractivity contribution in [1.29, 1.82) is 0 Å². The third kappa shape index (κ3) is 1.76. The highest BCUT2D eigenvalue weighted by Crippen LogP contribution is 2.37. The number of rotatable bonds is 2. The second kappa shape index (κ2) is 3.86. The molecular weight excluding hydrogens is 288 g/mol. The Morgan fingerprint density at radius 3 is 2.69 bits per heavy atom. The predicted molar refractivity (Wildman–Crippen MR) is 70.2 cm³/mol. The third-order valence-electron chi connectivity index (χ3n) is 2.66. The van der Waals surface area contributed by atoms with Gasteiger partial charge in [-0.1, -0.05) is 22.0 Å². The van der Waals surface area contributed by atoms with Crippen LogP contribution in [0.15, 0.2) is 28.7 Å². The second-order valence-electron chi connectivity index (χ2n) is 4.19. The van der Waals surface area contributed by atoms with Gasteiger partial charge in [-0.05, 0) is 32.0 Å². The summed E-state index contributed by atoms with van der Waals surface area (Å²) in [6.07, 6.45) is 0. The lowest BCUT2D eigenvalue weighted by atomic mass is 9.91. The van der Waals surface area contributed by atoms with E-state index in [9.17, 15) is 9.90 Å². The fraction of sp³-hybridized carbons (Fsp3) is 0.250. The molecule has 1 heterocycles. The quantitative estimate of drug-likeness (QED) is 0.909. The maximum atomic E-state index is 11.2. The van der Waals surface area contributed by atoms with Gasteiger partial charge in [-0.2, -0.15) is 0 Å². The van der Waals surface area contributed by atoms with Gasteiger partial charge in [0.1, 0.15) is 0 Å². The molecule has 1 aromatic carbocycles. The van der Waals surface area contributed by atoms with E-state index < -0.39 is 11.4 Å². The summed E-state index contributed by atoms with van der Waals surface area (Å²) in [7, 11) is 0. The molecule has 0 fully saturated rings. The molecule has 0 atom stereocenters. The average Bonchev–Trinajstić information content (AvgIpc) is 2.63. The lowest BCUT2D eigenvalue weighted by molar-refractivity contribution is -0.142. The van der Waals surface area contributed by atoms with Gasteiger partial charge in [-0.15, -0.1) is 11.3 Å². The van der Waals surface area contributed by atoms with Gasteiger partial charge in [0, 0.05) is 19.4 Å². The van der Waals surface area contributed by atoms with Crippen LogP contribution in [0.2, 0.25) is 0 Å². The Kier molecular flexibility index (Phi) is 2.80. The monoisotopic (exact) mass is 298 g/mol. The number of carboxylic acids is 1. The van der Waals surface area contributed by atoms with E-state index in [1.54, 1.807) is 13.8 Å². The van der Waals surface area contributed by atoms with E-state index in [0.717, 1.165) is 19.4 Å². The van der Waals surface area contributed by atoms with Crippen LogP contribution in [-0.2, 0) is 10.2 Å². The molecule has 2 aromatic rings. The average molecular weight is 299 g/mol. The molecule has 1 aromatic heterocycles. The van der Waals surface area contributed by atoms with E-state index in [2.05, 4.69) is 15.9 Å².